The average Bonchev–Trinajstić information content (AvgIpc) is 3.04. The predicted octanol–water partition coefficient (Wildman–Crippen LogP) is 4.78. The van der Waals surface area contributed by atoms with Gasteiger partial charge in [0.25, 0.3) is 0 Å². The van der Waals surface area contributed by atoms with Crippen LogP contribution in [0.4, 0.5) is 0 Å². The predicted molar refractivity (Wildman–Crippen MR) is 95.1 cm³/mol. The summed E-state index contributed by atoms with van der Waals surface area (Å²) >= 11 is 3.87. The quantitative estimate of drug-likeness (QED) is 0.714. The Hall–Kier alpha value is -0.930. The van der Waals surface area contributed by atoms with Gasteiger partial charge in [-0.2, -0.15) is 0 Å². The van der Waals surface area contributed by atoms with Gasteiger partial charge >= 0.3 is 3.98 Å². The first kappa shape index (κ1) is 15.0. The summed E-state index contributed by atoms with van der Waals surface area (Å²) in [5.74, 6) is 0. The molecule has 1 aromatic carbocycles. The third kappa shape index (κ3) is 3.83. The van der Waals surface area contributed by atoms with Crippen molar-refractivity contribution in [1.82, 2.24) is 4.58 Å². The maximum Gasteiger partial charge on any atom is 0.314 e. The minimum Gasteiger partial charge on any atom is -0.212 e. The van der Waals surface area contributed by atoms with Crippen LogP contribution >= 0.6 is 22.7 Å². The van der Waals surface area contributed by atoms with Crippen LogP contribution < -0.4 is 8.56 Å². The zero-order valence-corrected chi connectivity index (χ0v) is 14.4. The van der Waals surface area contributed by atoms with Gasteiger partial charge in [-0.05, 0) is 30.4 Å². The lowest BCUT2D eigenvalue weighted by molar-refractivity contribution is 0.459. The number of nitrogens with zero attached hydrogens (tertiary/aromatic N) is 1. The van der Waals surface area contributed by atoms with E-state index in [1.165, 1.54) is 71.6 Å². The number of piperidine rings is 1. The van der Waals surface area contributed by atoms with Gasteiger partial charge in [0, 0.05) is 18.2 Å². The van der Waals surface area contributed by atoms with Gasteiger partial charge in [0.05, 0.1) is 4.88 Å². The van der Waals surface area contributed by atoms with Crippen LogP contribution in [0.5, 0.6) is 0 Å². The van der Waals surface area contributed by atoms with E-state index in [0.29, 0.717) is 0 Å². The van der Waals surface area contributed by atoms with Gasteiger partial charge in [0.2, 0.25) is 0 Å². The number of hydrogen-bond donors (Lipinski definition) is 0. The van der Waals surface area contributed by atoms with E-state index < -0.39 is 0 Å². The number of aryl methyl sites for hydroxylation is 1. The summed E-state index contributed by atoms with van der Waals surface area (Å²) in [4.78, 5) is 1.42. The normalized spacial score (nSPS) is 15.4. The van der Waals surface area contributed by atoms with E-state index >= 15 is 0 Å². The molecule has 0 atom stereocenters. The van der Waals surface area contributed by atoms with Crippen molar-refractivity contribution in [2.45, 2.75) is 45.4 Å². The van der Waals surface area contributed by atoms with Gasteiger partial charge in [0.15, 0.2) is 0 Å². The molecule has 0 saturated carbocycles. The fourth-order valence-corrected chi connectivity index (χ4v) is 5.18. The molecule has 0 aliphatic carbocycles. The molecule has 0 unspecified atom stereocenters. The maximum absolute atomic E-state index is 2.57. The third-order valence-electron chi connectivity index (χ3n) is 4.14. The highest BCUT2D eigenvalue weighted by Gasteiger charge is 2.14. The average molecular weight is 319 g/mol. The molecule has 0 N–H and O–H groups in total. The Labute approximate surface area is 135 Å². The summed E-state index contributed by atoms with van der Waals surface area (Å²) < 4.78 is 4.05. The fourth-order valence-electron chi connectivity index (χ4n) is 2.81. The topological polar surface area (TPSA) is 3.01 Å². The Morgan fingerprint density at radius 1 is 1.05 bits per heavy atom. The van der Waals surface area contributed by atoms with Gasteiger partial charge in [-0.25, -0.2) is 4.58 Å². The van der Waals surface area contributed by atoms with Crippen LogP contribution in [-0.4, -0.2) is 13.1 Å². The van der Waals surface area contributed by atoms with Crippen molar-refractivity contribution < 1.29 is 0 Å². The van der Waals surface area contributed by atoms with E-state index in [1.807, 2.05) is 22.7 Å². The molecule has 0 bridgehead atoms. The molecule has 0 amide bonds. The Morgan fingerprint density at radius 3 is 2.52 bits per heavy atom. The van der Waals surface area contributed by atoms with E-state index in [1.54, 1.807) is 0 Å². The van der Waals surface area contributed by atoms with E-state index in [9.17, 15) is 0 Å². The van der Waals surface area contributed by atoms with Crippen molar-refractivity contribution in [3.05, 3.63) is 39.2 Å². The van der Waals surface area contributed by atoms with Crippen LogP contribution in [0.25, 0.3) is 10.4 Å². The van der Waals surface area contributed by atoms with Crippen LogP contribution in [0.1, 0.15) is 44.6 Å². The molecule has 0 radical (unpaired) electrons. The van der Waals surface area contributed by atoms with E-state index in [4.69, 9.17) is 0 Å². The van der Waals surface area contributed by atoms with E-state index in [0.717, 1.165) is 0 Å². The molecule has 1 aliphatic rings. The van der Waals surface area contributed by atoms with Crippen molar-refractivity contribution in [2.24, 2.45) is 0 Å². The van der Waals surface area contributed by atoms with Crippen molar-refractivity contribution in [2.75, 3.05) is 13.1 Å². The zero-order chi connectivity index (χ0) is 14.5. The second-order valence-corrected chi connectivity index (χ2v) is 7.96. The number of hydrogen-bond acceptors (Lipinski definition) is 2. The Bertz CT molecular complexity index is 626. The summed E-state index contributed by atoms with van der Waals surface area (Å²) in [6.45, 7) is 4.74. The van der Waals surface area contributed by atoms with Crippen molar-refractivity contribution in [3.8, 4) is 10.4 Å². The highest BCUT2D eigenvalue weighted by molar-refractivity contribution is 7.28. The fraction of sp³-hybridized carbons (Fsp3) is 0.500. The highest BCUT2D eigenvalue weighted by Crippen LogP contribution is 2.24. The molecule has 3 rings (SSSR count). The molecule has 1 fully saturated rings. The van der Waals surface area contributed by atoms with Crippen molar-refractivity contribution in [1.29, 1.82) is 0 Å². The minimum absolute atomic E-state index is 1.21. The smallest absolute Gasteiger partial charge is 0.212 e. The molecule has 2 aromatic rings. The van der Waals surface area contributed by atoms with E-state index in [2.05, 4.69) is 41.1 Å². The number of unbranched alkanes of at least 4 members (excludes halogenated alkanes) is 1. The Balaban J connectivity index is 1.79. The summed E-state index contributed by atoms with van der Waals surface area (Å²) in [5, 5.41) is 2.33. The highest BCUT2D eigenvalue weighted by atomic mass is 32.2. The van der Waals surface area contributed by atoms with Crippen LogP contribution in [0.3, 0.4) is 0 Å². The first-order valence-corrected chi connectivity index (χ1v) is 9.82. The monoisotopic (exact) mass is 318 g/mol. The standard InChI is InChI=1S/C18H24NS2/c1-2-3-7-15-8-10-16(11-9-15)17-14-20-18(21-17)19-12-5-4-6-13-19/h8-11,14H,2-7,12-13H2,1H3/q+1. The Morgan fingerprint density at radius 2 is 1.81 bits per heavy atom. The first-order valence-electron chi connectivity index (χ1n) is 8.12. The summed E-state index contributed by atoms with van der Waals surface area (Å²) in [5.41, 5.74) is 2.84. The maximum atomic E-state index is 2.57. The summed E-state index contributed by atoms with van der Waals surface area (Å²) in [6, 6.07) is 9.19. The molecular formula is C18H24NS2+. The summed E-state index contributed by atoms with van der Waals surface area (Å²) in [7, 11) is 0. The molecule has 1 saturated heterocycles. The largest absolute Gasteiger partial charge is 0.314 e. The molecule has 112 valence electrons. The minimum atomic E-state index is 1.21. The lowest BCUT2D eigenvalue weighted by atomic mass is 10.1. The molecule has 1 aliphatic heterocycles. The lowest BCUT2D eigenvalue weighted by Gasteiger charge is -2.07. The van der Waals surface area contributed by atoms with Crippen LogP contribution in [0, 0.1) is 0 Å². The molecule has 0 spiro atoms. The van der Waals surface area contributed by atoms with Gasteiger partial charge in [0.1, 0.15) is 13.1 Å². The van der Waals surface area contributed by atoms with Crippen LogP contribution in [-0.2, 0) is 6.42 Å². The number of benzene rings is 1. The van der Waals surface area contributed by atoms with Gasteiger partial charge in [-0.15, -0.1) is 0 Å². The van der Waals surface area contributed by atoms with Crippen LogP contribution in [0.2, 0.25) is 0 Å². The summed E-state index contributed by atoms with van der Waals surface area (Å²) in [6.07, 6.45) is 7.88. The van der Waals surface area contributed by atoms with E-state index in [-0.39, 0.29) is 0 Å². The van der Waals surface area contributed by atoms with Crippen molar-refractivity contribution >= 4 is 22.7 Å². The molecular weight excluding hydrogens is 294 g/mol. The molecule has 1 aromatic heterocycles. The SMILES string of the molecule is CCCCc1ccc(-c2csc(=[N+]3CCCCC3)s2)cc1. The van der Waals surface area contributed by atoms with Crippen LogP contribution in [0.15, 0.2) is 29.6 Å². The molecule has 2 heterocycles. The third-order valence-corrected chi connectivity index (χ3v) is 6.64. The Kier molecular flexibility index (Phi) is 5.26. The second-order valence-electron chi connectivity index (χ2n) is 5.82. The molecule has 1 nitrogen and oxygen atoms in total. The van der Waals surface area contributed by atoms with Gasteiger partial charge in [-0.1, -0.05) is 60.3 Å². The molecule has 3 heteroatoms. The van der Waals surface area contributed by atoms with Gasteiger partial charge in [-0.3, -0.25) is 0 Å². The zero-order valence-electron chi connectivity index (χ0n) is 12.8. The van der Waals surface area contributed by atoms with Crippen molar-refractivity contribution in [3.63, 3.8) is 0 Å². The first-order chi connectivity index (χ1) is 10.4. The number of rotatable bonds is 4. The lowest BCUT2D eigenvalue weighted by Crippen LogP contribution is -2.31. The second kappa shape index (κ2) is 7.37. The van der Waals surface area contributed by atoms with Gasteiger partial charge < -0.3 is 0 Å². The molecule has 21 heavy (non-hydrogen) atoms.